The van der Waals surface area contributed by atoms with Crippen LogP contribution in [0.15, 0.2) is 42.5 Å². The largest absolute Gasteiger partial charge is 0.358 e. The topological polar surface area (TPSA) is 39.9 Å². The number of hydrogen-bond acceptors (Lipinski definition) is 2. The SMILES string of the molecule is CN[C@@H]1[C@@H](c2ccc(C)cc2)Cc2[nH]c3ccc(Cl)cc3c2[C@H]1CCNCC1CC(F)(F)C1. The van der Waals surface area contributed by atoms with Crippen LogP contribution in [0, 0.1) is 12.8 Å². The highest BCUT2D eigenvalue weighted by Gasteiger charge is 2.45. The zero-order valence-corrected chi connectivity index (χ0v) is 20.0. The minimum Gasteiger partial charge on any atom is -0.358 e. The molecule has 0 saturated heterocycles. The summed E-state index contributed by atoms with van der Waals surface area (Å²) >= 11 is 6.38. The highest BCUT2D eigenvalue weighted by Crippen LogP contribution is 2.45. The van der Waals surface area contributed by atoms with E-state index in [0.29, 0.717) is 12.5 Å². The fraction of sp³-hybridized carbons (Fsp3) is 0.481. The summed E-state index contributed by atoms with van der Waals surface area (Å²) in [4.78, 5) is 3.67. The fourth-order valence-corrected chi connectivity index (χ4v) is 6.16. The summed E-state index contributed by atoms with van der Waals surface area (Å²) in [6, 6.07) is 15.2. The molecule has 0 aliphatic heterocycles. The number of likely N-dealkylation sites (N-methyl/N-ethyl adjacent to an activating group) is 1. The lowest BCUT2D eigenvalue weighted by Gasteiger charge is -2.39. The summed E-state index contributed by atoms with van der Waals surface area (Å²) in [6.07, 6.45) is 1.91. The Morgan fingerprint density at radius 3 is 2.58 bits per heavy atom. The van der Waals surface area contributed by atoms with Crippen molar-refractivity contribution in [2.24, 2.45) is 5.92 Å². The Hall–Kier alpha value is -1.95. The number of halogens is 3. The van der Waals surface area contributed by atoms with Gasteiger partial charge in [-0.1, -0.05) is 41.4 Å². The number of benzene rings is 2. The third kappa shape index (κ3) is 4.55. The maximum atomic E-state index is 13.2. The Kier molecular flexibility index (Phi) is 6.23. The normalized spacial score (nSPS) is 24.6. The molecule has 33 heavy (non-hydrogen) atoms. The van der Waals surface area contributed by atoms with Crippen molar-refractivity contribution >= 4 is 22.5 Å². The number of aryl methyl sites for hydroxylation is 1. The molecule has 3 aromatic rings. The number of rotatable bonds is 7. The zero-order chi connectivity index (χ0) is 23.2. The van der Waals surface area contributed by atoms with Crippen molar-refractivity contribution in [1.29, 1.82) is 0 Å². The van der Waals surface area contributed by atoms with E-state index in [9.17, 15) is 8.78 Å². The predicted molar refractivity (Wildman–Crippen MR) is 132 cm³/mol. The summed E-state index contributed by atoms with van der Waals surface area (Å²) in [5, 5.41) is 9.04. The Labute approximate surface area is 199 Å². The molecule has 0 spiro atoms. The maximum absolute atomic E-state index is 13.2. The summed E-state index contributed by atoms with van der Waals surface area (Å²) in [7, 11) is 2.05. The Morgan fingerprint density at radius 2 is 1.88 bits per heavy atom. The summed E-state index contributed by atoms with van der Waals surface area (Å²) < 4.78 is 26.4. The quantitative estimate of drug-likeness (QED) is 0.361. The lowest BCUT2D eigenvalue weighted by atomic mass is 9.71. The van der Waals surface area contributed by atoms with Gasteiger partial charge in [-0.25, -0.2) is 8.78 Å². The Morgan fingerprint density at radius 1 is 1.12 bits per heavy atom. The van der Waals surface area contributed by atoms with Crippen LogP contribution < -0.4 is 10.6 Å². The van der Waals surface area contributed by atoms with Crippen molar-refractivity contribution in [2.45, 2.75) is 56.4 Å². The molecule has 5 rings (SSSR count). The first-order chi connectivity index (χ1) is 15.8. The molecule has 1 aromatic heterocycles. The van der Waals surface area contributed by atoms with Crippen molar-refractivity contribution in [3.8, 4) is 0 Å². The number of H-pyrrole nitrogens is 1. The van der Waals surface area contributed by atoms with Crippen LogP contribution in [-0.4, -0.2) is 37.1 Å². The van der Waals surface area contributed by atoms with Gasteiger partial charge in [0.15, 0.2) is 0 Å². The van der Waals surface area contributed by atoms with Crippen molar-refractivity contribution < 1.29 is 8.78 Å². The number of fused-ring (bicyclic) bond motifs is 3. The third-order valence-corrected chi connectivity index (χ3v) is 7.86. The molecule has 2 aliphatic rings. The van der Waals surface area contributed by atoms with Gasteiger partial charge >= 0.3 is 0 Å². The van der Waals surface area contributed by atoms with Gasteiger partial charge in [-0.05, 0) is 75.1 Å². The number of nitrogens with one attached hydrogen (secondary N) is 3. The second-order valence-corrected chi connectivity index (χ2v) is 10.4. The fourth-order valence-electron chi connectivity index (χ4n) is 5.99. The van der Waals surface area contributed by atoms with Crippen molar-refractivity contribution in [1.82, 2.24) is 15.6 Å². The van der Waals surface area contributed by atoms with Crippen LogP contribution in [0.3, 0.4) is 0 Å². The molecule has 3 nitrogen and oxygen atoms in total. The average Bonchev–Trinajstić information content (AvgIpc) is 3.12. The molecule has 176 valence electrons. The first-order valence-electron chi connectivity index (χ1n) is 12.0. The van der Waals surface area contributed by atoms with E-state index in [1.165, 1.54) is 27.8 Å². The van der Waals surface area contributed by atoms with Crippen molar-refractivity contribution in [3.05, 3.63) is 69.9 Å². The molecule has 0 amide bonds. The van der Waals surface area contributed by atoms with Gasteiger partial charge in [0.05, 0.1) is 0 Å². The van der Waals surface area contributed by atoms with Gasteiger partial charge in [0.25, 0.3) is 0 Å². The van der Waals surface area contributed by atoms with Crippen LogP contribution in [0.4, 0.5) is 8.78 Å². The van der Waals surface area contributed by atoms with Crippen LogP contribution >= 0.6 is 11.6 Å². The Balaban J connectivity index is 1.42. The van der Waals surface area contributed by atoms with Gasteiger partial charge in [0.2, 0.25) is 5.92 Å². The van der Waals surface area contributed by atoms with Gasteiger partial charge < -0.3 is 15.6 Å². The molecule has 0 unspecified atom stereocenters. The van der Waals surface area contributed by atoms with Crippen LogP contribution in [0.2, 0.25) is 5.02 Å². The number of aromatic nitrogens is 1. The van der Waals surface area contributed by atoms with E-state index in [-0.39, 0.29) is 30.7 Å². The van der Waals surface area contributed by atoms with Crippen LogP contribution in [-0.2, 0) is 6.42 Å². The number of hydrogen-bond donors (Lipinski definition) is 3. The van der Waals surface area contributed by atoms with Crippen LogP contribution in [0.25, 0.3) is 10.9 Å². The van der Waals surface area contributed by atoms with E-state index in [2.05, 4.69) is 66.0 Å². The summed E-state index contributed by atoms with van der Waals surface area (Å²) in [6.45, 7) is 3.59. The second kappa shape index (κ2) is 9.01. The monoisotopic (exact) mass is 471 g/mol. The summed E-state index contributed by atoms with van der Waals surface area (Å²) in [5.41, 5.74) is 6.37. The zero-order valence-electron chi connectivity index (χ0n) is 19.2. The lowest BCUT2D eigenvalue weighted by molar-refractivity contribution is -0.109. The van der Waals surface area contributed by atoms with E-state index >= 15 is 0 Å². The molecule has 1 heterocycles. The number of alkyl halides is 2. The maximum Gasteiger partial charge on any atom is 0.248 e. The predicted octanol–water partition coefficient (Wildman–Crippen LogP) is 6.17. The molecule has 1 fully saturated rings. The molecule has 6 heteroatoms. The first-order valence-corrected chi connectivity index (χ1v) is 12.3. The van der Waals surface area contributed by atoms with Crippen molar-refractivity contribution in [2.75, 3.05) is 20.1 Å². The van der Waals surface area contributed by atoms with E-state index < -0.39 is 5.92 Å². The smallest absolute Gasteiger partial charge is 0.248 e. The van der Waals surface area contributed by atoms with Crippen LogP contribution in [0.5, 0.6) is 0 Å². The lowest BCUT2D eigenvalue weighted by Crippen LogP contribution is -2.44. The van der Waals surface area contributed by atoms with E-state index in [4.69, 9.17) is 11.6 Å². The van der Waals surface area contributed by atoms with Crippen molar-refractivity contribution in [3.63, 3.8) is 0 Å². The first kappa shape index (κ1) is 22.8. The average molecular weight is 472 g/mol. The number of aromatic amines is 1. The highest BCUT2D eigenvalue weighted by molar-refractivity contribution is 6.31. The van der Waals surface area contributed by atoms with Gasteiger partial charge in [-0.2, -0.15) is 0 Å². The van der Waals surface area contributed by atoms with E-state index in [1.807, 2.05) is 6.07 Å². The molecule has 2 aromatic carbocycles. The third-order valence-electron chi connectivity index (χ3n) is 7.62. The molecule has 3 N–H and O–H groups in total. The van der Waals surface area contributed by atoms with Gasteiger partial charge in [0, 0.05) is 52.3 Å². The molecule has 2 aliphatic carbocycles. The molecule has 1 saturated carbocycles. The molecule has 0 bridgehead atoms. The molecule has 0 radical (unpaired) electrons. The minimum atomic E-state index is -2.45. The van der Waals surface area contributed by atoms with E-state index in [0.717, 1.165) is 29.9 Å². The Bertz CT molecular complexity index is 1120. The van der Waals surface area contributed by atoms with Gasteiger partial charge in [-0.15, -0.1) is 0 Å². The molecule has 3 atom stereocenters. The second-order valence-electron chi connectivity index (χ2n) is 9.97. The van der Waals surface area contributed by atoms with Gasteiger partial charge in [0.1, 0.15) is 0 Å². The minimum absolute atomic E-state index is 0.0170. The van der Waals surface area contributed by atoms with Crippen LogP contribution in [0.1, 0.15) is 53.5 Å². The molecular weight excluding hydrogens is 440 g/mol. The standard InChI is InChI=1S/C27H32ClF2N3/c1-16-3-5-18(6-4-16)21-12-24-25(22-11-19(28)7-8-23(22)33-24)20(26(21)31-2)9-10-32-15-17-13-27(29,30)14-17/h3-8,11,17,20-21,26,31-33H,9-10,12-15H2,1-2H3/t20-,21-,26+/m1/s1. The highest BCUT2D eigenvalue weighted by atomic mass is 35.5. The molecular formula is C27H32ClF2N3. The van der Waals surface area contributed by atoms with Gasteiger partial charge in [-0.3, -0.25) is 0 Å². The van der Waals surface area contributed by atoms with E-state index in [1.54, 1.807) is 0 Å². The summed E-state index contributed by atoms with van der Waals surface area (Å²) in [5.74, 6) is -1.73.